The molecule has 2 heterocycles. The van der Waals surface area contributed by atoms with Crippen molar-refractivity contribution in [3.8, 4) is 11.5 Å². The fourth-order valence-electron chi connectivity index (χ4n) is 2.29. The van der Waals surface area contributed by atoms with E-state index in [-0.39, 0.29) is 0 Å². The van der Waals surface area contributed by atoms with Gasteiger partial charge in [-0.15, -0.1) is 0 Å². The van der Waals surface area contributed by atoms with Crippen LogP contribution in [0, 0.1) is 5.21 Å². The average molecular weight is 259 g/mol. The third-order valence-corrected chi connectivity index (χ3v) is 3.20. The van der Waals surface area contributed by atoms with Crippen molar-refractivity contribution in [2.24, 2.45) is 7.05 Å². The van der Waals surface area contributed by atoms with Crippen LogP contribution in [0.3, 0.4) is 0 Å². The first-order chi connectivity index (χ1) is 9.15. The number of aryl methyl sites for hydroxylation is 1. The van der Waals surface area contributed by atoms with Crippen LogP contribution in [0.15, 0.2) is 24.7 Å². The molecule has 0 atom stereocenters. The van der Waals surface area contributed by atoms with Crippen LogP contribution < -0.4 is 14.2 Å². The van der Waals surface area contributed by atoms with Gasteiger partial charge in [0.25, 0.3) is 0 Å². The Morgan fingerprint density at radius 1 is 1.21 bits per heavy atom. The number of hydrogen-bond acceptors (Lipinski definition) is 4. The molecule has 6 heteroatoms. The highest BCUT2D eigenvalue weighted by Crippen LogP contribution is 2.33. The quantitative estimate of drug-likeness (QED) is 0.515. The lowest BCUT2D eigenvalue weighted by Gasteiger charge is -2.10. The highest BCUT2D eigenvalue weighted by Gasteiger charge is 2.17. The van der Waals surface area contributed by atoms with Crippen molar-refractivity contribution >= 4 is 21.9 Å². The second kappa shape index (κ2) is 4.01. The predicted molar refractivity (Wildman–Crippen MR) is 70.3 cm³/mol. The Balaban J connectivity index is 2.52. The topological polar surface area (TPSA) is 63.2 Å². The van der Waals surface area contributed by atoms with Crippen LogP contribution in [-0.4, -0.2) is 23.8 Å². The predicted octanol–water partition coefficient (Wildman–Crippen LogP) is 1.38. The Morgan fingerprint density at radius 3 is 2.58 bits per heavy atom. The smallest absolute Gasteiger partial charge is 0.230 e. The van der Waals surface area contributed by atoms with Crippen molar-refractivity contribution in [1.29, 1.82) is 0 Å². The third kappa shape index (κ3) is 1.56. The summed E-state index contributed by atoms with van der Waals surface area (Å²) in [6.07, 6.45) is 3.14. The SMILES string of the molecule is COc1cc2c3c(c[n+]([O-])c2cc1OC)ncn3C. The Bertz CT molecular complexity index is 780. The summed E-state index contributed by atoms with van der Waals surface area (Å²) in [6, 6.07) is 3.47. The molecule has 0 spiro atoms. The van der Waals surface area contributed by atoms with E-state index < -0.39 is 0 Å². The van der Waals surface area contributed by atoms with E-state index in [0.29, 0.717) is 22.5 Å². The number of methoxy groups -OCH3 is 2. The normalized spacial score (nSPS) is 11.1. The molecule has 0 amide bonds. The second-order valence-electron chi connectivity index (χ2n) is 4.27. The molecule has 6 nitrogen and oxygen atoms in total. The second-order valence-corrected chi connectivity index (χ2v) is 4.27. The van der Waals surface area contributed by atoms with Gasteiger partial charge in [0.05, 0.1) is 37.5 Å². The van der Waals surface area contributed by atoms with Gasteiger partial charge in [0, 0.05) is 13.1 Å². The molecule has 0 radical (unpaired) electrons. The molecule has 2 aromatic heterocycles. The Kier molecular flexibility index (Phi) is 2.45. The number of fused-ring (bicyclic) bond motifs is 3. The van der Waals surface area contributed by atoms with Gasteiger partial charge in [0.2, 0.25) is 11.7 Å². The highest BCUT2D eigenvalue weighted by atomic mass is 16.5. The number of benzene rings is 1. The van der Waals surface area contributed by atoms with Crippen molar-refractivity contribution in [2.45, 2.75) is 0 Å². The molecule has 0 saturated heterocycles. The summed E-state index contributed by atoms with van der Waals surface area (Å²) in [5.74, 6) is 1.12. The lowest BCUT2D eigenvalue weighted by Crippen LogP contribution is -2.26. The summed E-state index contributed by atoms with van der Waals surface area (Å²) < 4.78 is 13.2. The number of rotatable bonds is 2. The zero-order valence-electron chi connectivity index (χ0n) is 10.9. The summed E-state index contributed by atoms with van der Waals surface area (Å²) in [5.41, 5.74) is 2.06. The zero-order valence-corrected chi connectivity index (χ0v) is 10.9. The van der Waals surface area contributed by atoms with Crippen molar-refractivity contribution in [3.63, 3.8) is 0 Å². The van der Waals surface area contributed by atoms with E-state index in [1.165, 1.54) is 6.20 Å². The van der Waals surface area contributed by atoms with Crippen LogP contribution in [0.5, 0.6) is 11.5 Å². The number of ether oxygens (including phenoxy) is 2. The number of aromatic nitrogens is 3. The molecule has 0 N–H and O–H groups in total. The number of nitrogens with zero attached hydrogens (tertiary/aromatic N) is 3. The van der Waals surface area contributed by atoms with Crippen molar-refractivity contribution in [2.75, 3.05) is 14.2 Å². The first-order valence-electron chi connectivity index (χ1n) is 5.74. The van der Waals surface area contributed by atoms with Crippen LogP contribution >= 0.6 is 0 Å². The number of imidazole rings is 1. The Labute approximate surface area is 109 Å². The van der Waals surface area contributed by atoms with Gasteiger partial charge in [-0.3, -0.25) is 0 Å². The minimum atomic E-state index is 0.522. The van der Waals surface area contributed by atoms with Crippen LogP contribution in [0.2, 0.25) is 0 Å². The van der Waals surface area contributed by atoms with Crippen LogP contribution in [0.1, 0.15) is 0 Å². The molecule has 0 fully saturated rings. The van der Waals surface area contributed by atoms with Gasteiger partial charge in [-0.05, 0) is 0 Å². The maximum Gasteiger partial charge on any atom is 0.230 e. The number of pyridine rings is 1. The molecule has 3 rings (SSSR count). The largest absolute Gasteiger partial charge is 0.618 e. The molecule has 98 valence electrons. The standard InChI is InChI=1S/C13H13N3O3/c1-15-7-14-9-6-16(17)10-5-12(19-3)11(18-2)4-8(10)13(9)15/h4-7H,1-3H3. The van der Waals surface area contributed by atoms with Gasteiger partial charge in [-0.1, -0.05) is 0 Å². The summed E-state index contributed by atoms with van der Waals surface area (Å²) in [7, 11) is 5.00. The van der Waals surface area contributed by atoms with Crippen LogP contribution in [0.25, 0.3) is 21.9 Å². The van der Waals surface area contributed by atoms with Crippen molar-refractivity contribution < 1.29 is 14.2 Å². The van der Waals surface area contributed by atoms with E-state index in [2.05, 4.69) is 4.98 Å². The molecule has 0 aliphatic rings. The van der Waals surface area contributed by atoms with E-state index in [0.717, 1.165) is 15.6 Å². The molecule has 0 bridgehead atoms. The van der Waals surface area contributed by atoms with Crippen LogP contribution in [-0.2, 0) is 7.05 Å². The number of hydrogen-bond donors (Lipinski definition) is 0. The highest BCUT2D eigenvalue weighted by molar-refractivity contribution is 6.01. The van der Waals surface area contributed by atoms with Crippen molar-refractivity contribution in [1.82, 2.24) is 9.55 Å². The molecule has 19 heavy (non-hydrogen) atoms. The fraction of sp³-hybridized carbons (Fsp3) is 0.231. The Hall–Kier alpha value is -2.50. The van der Waals surface area contributed by atoms with Gasteiger partial charge >= 0.3 is 0 Å². The van der Waals surface area contributed by atoms with Crippen molar-refractivity contribution in [3.05, 3.63) is 29.9 Å². The van der Waals surface area contributed by atoms with E-state index >= 15 is 0 Å². The molecular formula is C13H13N3O3. The van der Waals surface area contributed by atoms with E-state index in [9.17, 15) is 5.21 Å². The molecule has 0 aliphatic carbocycles. The molecule has 0 saturated carbocycles. The molecule has 3 aromatic rings. The molecule has 0 aliphatic heterocycles. The molecule has 0 unspecified atom stereocenters. The van der Waals surface area contributed by atoms with Crippen LogP contribution in [0.4, 0.5) is 0 Å². The van der Waals surface area contributed by atoms with E-state index in [1.54, 1.807) is 32.7 Å². The van der Waals surface area contributed by atoms with Gasteiger partial charge in [0.15, 0.2) is 17.0 Å². The monoisotopic (exact) mass is 259 g/mol. The first kappa shape index (κ1) is 11.6. The Morgan fingerprint density at radius 2 is 1.89 bits per heavy atom. The third-order valence-electron chi connectivity index (χ3n) is 3.20. The average Bonchev–Trinajstić information content (AvgIpc) is 2.78. The van der Waals surface area contributed by atoms with E-state index in [4.69, 9.17) is 9.47 Å². The van der Waals surface area contributed by atoms with Gasteiger partial charge in [-0.25, -0.2) is 4.98 Å². The van der Waals surface area contributed by atoms with E-state index in [1.807, 2.05) is 11.6 Å². The fourth-order valence-corrected chi connectivity index (χ4v) is 2.29. The summed E-state index contributed by atoms with van der Waals surface area (Å²) in [6.45, 7) is 0. The zero-order chi connectivity index (χ0) is 13.6. The van der Waals surface area contributed by atoms with Gasteiger partial charge in [0.1, 0.15) is 0 Å². The molecular weight excluding hydrogens is 246 g/mol. The minimum absolute atomic E-state index is 0.522. The maximum atomic E-state index is 12.0. The summed E-state index contributed by atoms with van der Waals surface area (Å²) in [5, 5.41) is 12.8. The lowest BCUT2D eigenvalue weighted by atomic mass is 10.1. The van der Waals surface area contributed by atoms with Gasteiger partial charge < -0.3 is 19.2 Å². The van der Waals surface area contributed by atoms with Gasteiger partial charge in [-0.2, -0.15) is 4.73 Å². The minimum Gasteiger partial charge on any atom is -0.618 e. The first-order valence-corrected chi connectivity index (χ1v) is 5.74. The summed E-state index contributed by atoms with van der Waals surface area (Å²) in [4.78, 5) is 4.20. The summed E-state index contributed by atoms with van der Waals surface area (Å²) >= 11 is 0. The maximum absolute atomic E-state index is 12.0. The lowest BCUT2D eigenvalue weighted by molar-refractivity contribution is -0.575. The molecule has 1 aromatic carbocycles.